The lowest BCUT2D eigenvalue weighted by Gasteiger charge is -2.27. The molecule has 0 saturated carbocycles. The molecule has 22 heavy (non-hydrogen) atoms. The molecule has 5 nitrogen and oxygen atoms in total. The fourth-order valence-electron chi connectivity index (χ4n) is 2.74. The number of benzene rings is 2. The van der Waals surface area contributed by atoms with E-state index in [9.17, 15) is 0 Å². The van der Waals surface area contributed by atoms with Gasteiger partial charge in [0, 0.05) is 25.2 Å². The molecule has 1 aromatic carbocycles. The maximum atomic E-state index is 6.08. The van der Waals surface area contributed by atoms with Crippen LogP contribution in [0.3, 0.4) is 0 Å². The highest BCUT2D eigenvalue weighted by molar-refractivity contribution is 5.84. The van der Waals surface area contributed by atoms with Crippen molar-refractivity contribution in [3.63, 3.8) is 0 Å². The minimum Gasteiger partial charge on any atom is -0.489 e. The van der Waals surface area contributed by atoms with Crippen molar-refractivity contribution in [2.75, 3.05) is 39.2 Å². The number of fused-ring (bicyclic) bond motifs is 3. The van der Waals surface area contributed by atoms with Crippen molar-refractivity contribution in [3.8, 4) is 17.2 Å². The third-order valence-electron chi connectivity index (χ3n) is 4.06. The van der Waals surface area contributed by atoms with Crippen molar-refractivity contribution in [1.29, 1.82) is 0 Å². The van der Waals surface area contributed by atoms with E-state index in [1.165, 1.54) is 0 Å². The van der Waals surface area contributed by atoms with Crippen molar-refractivity contribution in [1.82, 2.24) is 9.56 Å². The van der Waals surface area contributed by atoms with Crippen LogP contribution in [-0.2, 0) is 0 Å². The molecule has 2 aliphatic heterocycles. The third-order valence-corrected chi connectivity index (χ3v) is 4.06. The van der Waals surface area contributed by atoms with Gasteiger partial charge in [0.2, 0.25) is 5.36 Å². The molecule has 1 aliphatic carbocycles. The first-order valence-corrected chi connectivity index (χ1v) is 7.35. The number of rotatable bonds is 0. The molecule has 112 valence electrons. The fraction of sp³-hybridized carbons (Fsp3) is 0.294. The number of aromatic nitrogens is 1. The van der Waals surface area contributed by atoms with Gasteiger partial charge in [0.1, 0.15) is 37.7 Å². The molecule has 0 bridgehead atoms. The van der Waals surface area contributed by atoms with Crippen LogP contribution in [0.25, 0.3) is 22.6 Å². The summed E-state index contributed by atoms with van der Waals surface area (Å²) >= 11 is 0. The SMILES string of the molecule is CN1CCOc2cc3nc4ccc(=[N+](C)C)cc-4oc3cc21. The minimum absolute atomic E-state index is 0.700. The highest BCUT2D eigenvalue weighted by Crippen LogP contribution is 2.36. The van der Waals surface area contributed by atoms with Crippen LogP contribution >= 0.6 is 0 Å². The van der Waals surface area contributed by atoms with Crippen LogP contribution in [0.1, 0.15) is 0 Å². The Morgan fingerprint density at radius 2 is 2.05 bits per heavy atom. The average Bonchev–Trinajstić information content (AvgIpc) is 2.51. The number of anilines is 1. The van der Waals surface area contributed by atoms with Crippen molar-refractivity contribution >= 4 is 16.8 Å². The zero-order valence-corrected chi connectivity index (χ0v) is 13.0. The molecule has 0 saturated heterocycles. The van der Waals surface area contributed by atoms with Crippen LogP contribution in [0.15, 0.2) is 34.7 Å². The molecule has 0 N–H and O–H groups in total. The van der Waals surface area contributed by atoms with Crippen LogP contribution in [0, 0.1) is 0 Å². The number of nitrogens with zero attached hydrogens (tertiary/aromatic N) is 3. The van der Waals surface area contributed by atoms with Crippen molar-refractivity contribution in [3.05, 3.63) is 35.7 Å². The standard InChI is InChI=1S/C17H18N3O2/c1-19(2)11-4-5-12-15(8-11)22-16-10-14-17(9-13(16)18-12)21-7-6-20(14)3/h4-5,8-10H,6-7H2,1-3H3/q+1. The maximum absolute atomic E-state index is 6.08. The molecule has 0 fully saturated rings. The van der Waals surface area contributed by atoms with Gasteiger partial charge in [0.15, 0.2) is 11.3 Å². The van der Waals surface area contributed by atoms with Crippen LogP contribution in [0.5, 0.6) is 5.75 Å². The Kier molecular flexibility index (Phi) is 2.82. The number of hydrogen-bond donors (Lipinski definition) is 0. The molecule has 1 aromatic rings. The average molecular weight is 296 g/mol. The Labute approximate surface area is 128 Å². The zero-order valence-electron chi connectivity index (χ0n) is 13.0. The largest absolute Gasteiger partial charge is 0.489 e. The summed E-state index contributed by atoms with van der Waals surface area (Å²) in [5.41, 5.74) is 3.49. The van der Waals surface area contributed by atoms with Gasteiger partial charge in [-0.15, -0.1) is 0 Å². The smallest absolute Gasteiger partial charge is 0.203 e. The molecule has 0 radical (unpaired) electrons. The van der Waals surface area contributed by atoms with Gasteiger partial charge < -0.3 is 14.1 Å². The topological polar surface area (TPSA) is 41.5 Å². The summed E-state index contributed by atoms with van der Waals surface area (Å²) in [6.07, 6.45) is 0. The van der Waals surface area contributed by atoms with E-state index in [1.54, 1.807) is 0 Å². The Hall–Kier alpha value is -2.56. The fourth-order valence-corrected chi connectivity index (χ4v) is 2.74. The normalized spacial score (nSPS) is 14.0. The van der Waals surface area contributed by atoms with Crippen LogP contribution < -0.4 is 19.6 Å². The molecule has 0 atom stereocenters. The first kappa shape index (κ1) is 13.1. The van der Waals surface area contributed by atoms with Gasteiger partial charge in [-0.25, -0.2) is 9.56 Å². The molecule has 0 aromatic heterocycles. The quantitative estimate of drug-likeness (QED) is 0.468. The third kappa shape index (κ3) is 2.01. The monoisotopic (exact) mass is 296 g/mol. The molecule has 0 amide bonds. The van der Waals surface area contributed by atoms with E-state index in [0.717, 1.165) is 45.9 Å². The zero-order chi connectivity index (χ0) is 15.3. The summed E-state index contributed by atoms with van der Waals surface area (Å²) in [5.74, 6) is 1.66. The summed E-state index contributed by atoms with van der Waals surface area (Å²) in [4.78, 5) is 6.88. The summed E-state index contributed by atoms with van der Waals surface area (Å²) in [6, 6.07) is 10.0. The minimum atomic E-state index is 0.700. The Balaban J connectivity index is 2.01. The lowest BCUT2D eigenvalue weighted by atomic mass is 10.2. The summed E-state index contributed by atoms with van der Waals surface area (Å²) < 4.78 is 13.9. The van der Waals surface area contributed by atoms with Gasteiger partial charge >= 0.3 is 0 Å². The molecular formula is C17H18N3O2+. The number of likely N-dealkylation sites (N-methyl/N-ethyl adjacent to an activating group) is 1. The highest BCUT2D eigenvalue weighted by Gasteiger charge is 2.18. The molecule has 4 rings (SSSR count). The first-order valence-electron chi connectivity index (χ1n) is 7.35. The predicted octanol–water partition coefficient (Wildman–Crippen LogP) is 1.79. The number of ether oxygens (including phenoxy) is 1. The molecule has 5 heteroatoms. The lowest BCUT2D eigenvalue weighted by Crippen LogP contribution is -2.28. The second-order valence-electron chi connectivity index (χ2n) is 5.82. The van der Waals surface area contributed by atoms with Gasteiger partial charge in [0.05, 0.1) is 18.3 Å². The van der Waals surface area contributed by atoms with E-state index >= 15 is 0 Å². The van der Waals surface area contributed by atoms with Gasteiger partial charge in [-0.2, -0.15) is 0 Å². The van der Waals surface area contributed by atoms with Gasteiger partial charge in [-0.3, -0.25) is 0 Å². The van der Waals surface area contributed by atoms with Crippen LogP contribution in [0.2, 0.25) is 0 Å². The van der Waals surface area contributed by atoms with Crippen molar-refractivity contribution in [2.45, 2.75) is 0 Å². The van der Waals surface area contributed by atoms with Gasteiger partial charge in [0.25, 0.3) is 0 Å². The van der Waals surface area contributed by atoms with E-state index in [-0.39, 0.29) is 0 Å². The first-order chi connectivity index (χ1) is 10.6. The summed E-state index contributed by atoms with van der Waals surface area (Å²) in [7, 11) is 6.09. The maximum Gasteiger partial charge on any atom is 0.203 e. The van der Waals surface area contributed by atoms with E-state index in [1.807, 2.05) is 49.0 Å². The Morgan fingerprint density at radius 1 is 1.18 bits per heavy atom. The van der Waals surface area contributed by atoms with E-state index in [0.29, 0.717) is 6.61 Å². The van der Waals surface area contributed by atoms with Crippen LogP contribution in [-0.4, -0.2) is 39.3 Å². The van der Waals surface area contributed by atoms with Gasteiger partial charge in [-0.1, -0.05) is 0 Å². The Morgan fingerprint density at radius 3 is 2.86 bits per heavy atom. The molecule has 2 heterocycles. The second kappa shape index (κ2) is 4.73. The van der Waals surface area contributed by atoms with E-state index in [2.05, 4.69) is 11.9 Å². The summed E-state index contributed by atoms with van der Waals surface area (Å²) in [5, 5.41) is 1.09. The van der Waals surface area contributed by atoms with Crippen molar-refractivity contribution < 1.29 is 9.15 Å². The molecule has 3 aliphatic rings. The lowest BCUT2D eigenvalue weighted by molar-refractivity contribution is 0.311. The van der Waals surface area contributed by atoms with E-state index < -0.39 is 0 Å². The van der Waals surface area contributed by atoms with Gasteiger partial charge in [-0.05, 0) is 6.07 Å². The van der Waals surface area contributed by atoms with Crippen LogP contribution in [0.4, 0.5) is 5.69 Å². The second-order valence-corrected chi connectivity index (χ2v) is 5.82. The highest BCUT2D eigenvalue weighted by atomic mass is 16.5. The molecular weight excluding hydrogens is 278 g/mol. The van der Waals surface area contributed by atoms with Crippen molar-refractivity contribution in [2.24, 2.45) is 0 Å². The van der Waals surface area contributed by atoms with E-state index in [4.69, 9.17) is 14.1 Å². The Bertz CT molecular complexity index is 910. The summed E-state index contributed by atoms with van der Waals surface area (Å²) in [6.45, 7) is 1.58. The molecule has 0 spiro atoms. The number of hydrogen-bond acceptors (Lipinski definition) is 4. The predicted molar refractivity (Wildman–Crippen MR) is 86.5 cm³/mol. The molecule has 0 unspecified atom stereocenters.